The van der Waals surface area contributed by atoms with Gasteiger partial charge in [0.2, 0.25) is 11.7 Å². The minimum atomic E-state index is -0.413. The van der Waals surface area contributed by atoms with Crippen molar-refractivity contribution in [1.29, 1.82) is 0 Å². The maximum atomic E-state index is 13.1. The molecule has 1 fully saturated rings. The van der Waals surface area contributed by atoms with E-state index in [0.29, 0.717) is 37.8 Å². The van der Waals surface area contributed by atoms with Gasteiger partial charge in [0, 0.05) is 16.8 Å². The summed E-state index contributed by atoms with van der Waals surface area (Å²) < 4.78 is 12.6. The van der Waals surface area contributed by atoms with E-state index in [-0.39, 0.29) is 5.91 Å². The third-order valence-corrected chi connectivity index (χ3v) is 6.69. The second-order valence-corrected chi connectivity index (χ2v) is 8.82. The van der Waals surface area contributed by atoms with Crippen LogP contribution in [0.15, 0.2) is 52.4 Å². The zero-order valence-electron chi connectivity index (χ0n) is 17.5. The first-order valence-corrected chi connectivity index (χ1v) is 11.2. The van der Waals surface area contributed by atoms with Gasteiger partial charge >= 0.3 is 0 Å². The Labute approximate surface area is 184 Å². The van der Waals surface area contributed by atoms with Crippen molar-refractivity contribution in [1.82, 2.24) is 15.0 Å². The Hall–Kier alpha value is -3.03. The fourth-order valence-corrected chi connectivity index (χ4v) is 4.87. The van der Waals surface area contributed by atoms with Crippen molar-refractivity contribution < 1.29 is 14.1 Å². The normalized spacial score (nSPS) is 16.7. The number of fused-ring (bicyclic) bond motifs is 1. The van der Waals surface area contributed by atoms with Crippen molar-refractivity contribution in [2.24, 2.45) is 0 Å². The zero-order valence-corrected chi connectivity index (χ0v) is 18.3. The molecule has 1 aliphatic heterocycles. The van der Waals surface area contributed by atoms with Gasteiger partial charge in [-0.15, -0.1) is 11.3 Å². The maximum absolute atomic E-state index is 13.1. The second-order valence-electron chi connectivity index (χ2n) is 7.91. The molecule has 4 aromatic rings. The fraction of sp³-hybridized carbons (Fsp3) is 0.292. The molecule has 31 heavy (non-hydrogen) atoms. The van der Waals surface area contributed by atoms with Gasteiger partial charge in [0.05, 0.1) is 19.6 Å². The predicted molar refractivity (Wildman–Crippen MR) is 120 cm³/mol. The summed E-state index contributed by atoms with van der Waals surface area (Å²) in [6, 6.07) is 14.3. The van der Waals surface area contributed by atoms with Crippen molar-refractivity contribution >= 4 is 27.3 Å². The van der Waals surface area contributed by atoms with Crippen LogP contribution in [0.25, 0.3) is 21.5 Å². The molecule has 1 atom stereocenters. The summed E-state index contributed by atoms with van der Waals surface area (Å²) in [4.78, 5) is 19.4. The van der Waals surface area contributed by atoms with Crippen LogP contribution in [-0.2, 0) is 16.0 Å². The lowest BCUT2D eigenvalue weighted by atomic mass is 10.1. The smallest absolute Gasteiger partial charge is 0.257 e. The number of aromatic nitrogens is 2. The highest BCUT2D eigenvalue weighted by Crippen LogP contribution is 2.29. The molecule has 0 N–H and O–H groups in total. The summed E-state index contributed by atoms with van der Waals surface area (Å²) in [5.41, 5.74) is 4.29. The van der Waals surface area contributed by atoms with Crippen LogP contribution < -0.4 is 0 Å². The van der Waals surface area contributed by atoms with Crippen LogP contribution in [0.1, 0.15) is 28.7 Å². The first-order chi connectivity index (χ1) is 15.1. The van der Waals surface area contributed by atoms with Crippen LogP contribution in [-0.4, -0.2) is 40.6 Å². The number of carbonyl (C=O) groups is 1. The van der Waals surface area contributed by atoms with Crippen molar-refractivity contribution in [2.45, 2.75) is 26.4 Å². The lowest BCUT2D eigenvalue weighted by molar-refractivity contribution is -0.139. The third-order valence-electron chi connectivity index (χ3n) is 5.67. The number of amides is 1. The maximum Gasteiger partial charge on any atom is 0.257 e. The van der Waals surface area contributed by atoms with Crippen LogP contribution in [0.4, 0.5) is 0 Å². The average Bonchev–Trinajstić information content (AvgIpc) is 3.42. The molecular weight excluding hydrogens is 410 g/mol. The Balaban J connectivity index is 1.31. The molecule has 6 nitrogen and oxygen atoms in total. The van der Waals surface area contributed by atoms with E-state index in [1.54, 1.807) is 11.3 Å². The van der Waals surface area contributed by atoms with E-state index in [0.717, 1.165) is 16.7 Å². The molecule has 0 unspecified atom stereocenters. The van der Waals surface area contributed by atoms with E-state index in [1.165, 1.54) is 15.6 Å². The number of carbonyl (C=O) groups excluding carboxylic acids is 1. The van der Waals surface area contributed by atoms with Crippen LogP contribution in [0, 0.1) is 13.8 Å². The number of aryl methyl sites for hydroxylation is 2. The third kappa shape index (κ3) is 3.98. The molecular formula is C24H23N3O3S. The van der Waals surface area contributed by atoms with Crippen molar-refractivity contribution in [3.8, 4) is 11.4 Å². The van der Waals surface area contributed by atoms with E-state index in [4.69, 9.17) is 9.26 Å². The van der Waals surface area contributed by atoms with E-state index in [1.807, 2.05) is 36.1 Å². The molecule has 0 aliphatic carbocycles. The quantitative estimate of drug-likeness (QED) is 0.466. The number of hydrogen-bond acceptors (Lipinski definition) is 6. The minimum Gasteiger partial charge on any atom is -0.365 e. The van der Waals surface area contributed by atoms with Gasteiger partial charge in [-0.25, -0.2) is 0 Å². The van der Waals surface area contributed by atoms with Crippen molar-refractivity contribution in [3.63, 3.8) is 0 Å². The highest BCUT2D eigenvalue weighted by atomic mass is 32.1. The molecule has 0 spiro atoms. The zero-order chi connectivity index (χ0) is 21.4. The summed E-state index contributed by atoms with van der Waals surface area (Å²) >= 11 is 1.68. The van der Waals surface area contributed by atoms with Gasteiger partial charge in [0.15, 0.2) is 6.10 Å². The van der Waals surface area contributed by atoms with Crippen molar-refractivity contribution in [2.75, 3.05) is 19.7 Å². The number of benzene rings is 2. The largest absolute Gasteiger partial charge is 0.365 e. The van der Waals surface area contributed by atoms with Crippen molar-refractivity contribution in [3.05, 3.63) is 70.4 Å². The van der Waals surface area contributed by atoms with Gasteiger partial charge < -0.3 is 14.2 Å². The van der Waals surface area contributed by atoms with Crippen LogP contribution in [0.5, 0.6) is 0 Å². The standard InChI is InChI=1S/C24H23N3O3S/c1-15-7-8-21-19(11-15)17(14-31-21)12-22(28)27-9-10-29-20(13-27)24-25-23(26-30-24)18-6-4-3-5-16(18)2/h3-8,11,14,20H,9-10,12-13H2,1-2H3/t20-/m1/s1. The summed E-state index contributed by atoms with van der Waals surface area (Å²) in [6.07, 6.45) is -0.0292. The number of ether oxygens (including phenoxy) is 1. The van der Waals surface area contributed by atoms with E-state index in [9.17, 15) is 4.79 Å². The van der Waals surface area contributed by atoms with Gasteiger partial charge in [-0.2, -0.15) is 4.98 Å². The Morgan fingerprint density at radius 3 is 2.97 bits per heavy atom. The average molecular weight is 434 g/mol. The molecule has 158 valence electrons. The van der Waals surface area contributed by atoms with E-state index in [2.05, 4.69) is 40.6 Å². The summed E-state index contributed by atoms with van der Waals surface area (Å²) in [5.74, 6) is 1.04. The molecule has 7 heteroatoms. The Morgan fingerprint density at radius 2 is 2.10 bits per heavy atom. The highest BCUT2D eigenvalue weighted by molar-refractivity contribution is 7.17. The molecule has 0 bridgehead atoms. The summed E-state index contributed by atoms with van der Waals surface area (Å²) in [6.45, 7) is 5.51. The number of rotatable bonds is 4. The predicted octanol–water partition coefficient (Wildman–Crippen LogP) is 4.71. The SMILES string of the molecule is Cc1ccc2scc(CC(=O)N3CCO[C@@H](c4nc(-c5ccccc5C)no4)C3)c2c1. The van der Waals surface area contributed by atoms with E-state index >= 15 is 0 Å². The molecule has 2 aromatic heterocycles. The summed E-state index contributed by atoms with van der Waals surface area (Å²) in [5, 5.41) is 7.39. The van der Waals surface area contributed by atoms with Crippen LogP contribution >= 0.6 is 11.3 Å². The number of morpholine rings is 1. The summed E-state index contributed by atoms with van der Waals surface area (Å²) in [7, 11) is 0. The Morgan fingerprint density at radius 1 is 1.23 bits per heavy atom. The van der Waals surface area contributed by atoms with E-state index < -0.39 is 6.10 Å². The molecule has 2 aromatic carbocycles. The molecule has 1 amide bonds. The molecule has 1 aliphatic rings. The van der Waals surface area contributed by atoms with Gasteiger partial charge in [-0.05, 0) is 41.8 Å². The first-order valence-electron chi connectivity index (χ1n) is 10.3. The fourth-order valence-electron chi connectivity index (χ4n) is 3.93. The van der Waals surface area contributed by atoms with Crippen LogP contribution in [0.3, 0.4) is 0 Å². The lowest BCUT2D eigenvalue weighted by Crippen LogP contribution is -2.43. The van der Waals surface area contributed by atoms with Gasteiger partial charge in [-0.1, -0.05) is 47.1 Å². The monoisotopic (exact) mass is 433 g/mol. The molecule has 0 radical (unpaired) electrons. The highest BCUT2D eigenvalue weighted by Gasteiger charge is 2.30. The number of thiophene rings is 1. The Kier molecular flexibility index (Phi) is 5.29. The van der Waals surface area contributed by atoms with Gasteiger partial charge in [0.25, 0.3) is 5.89 Å². The first kappa shape index (κ1) is 19.9. The molecule has 1 saturated heterocycles. The molecule has 5 rings (SSSR count). The minimum absolute atomic E-state index is 0.0909. The lowest BCUT2D eigenvalue weighted by Gasteiger charge is -2.31. The second kappa shape index (κ2) is 8.24. The number of hydrogen-bond donors (Lipinski definition) is 0. The van der Waals surface area contributed by atoms with Crippen LogP contribution in [0.2, 0.25) is 0 Å². The molecule has 3 heterocycles. The Bertz CT molecular complexity index is 1250. The van der Waals surface area contributed by atoms with Gasteiger partial charge in [0.1, 0.15) is 0 Å². The number of nitrogens with zero attached hydrogens (tertiary/aromatic N) is 3. The molecule has 0 saturated carbocycles. The van der Waals surface area contributed by atoms with Gasteiger partial charge in [-0.3, -0.25) is 4.79 Å². The topological polar surface area (TPSA) is 68.5 Å².